The van der Waals surface area contributed by atoms with Gasteiger partial charge in [0.2, 0.25) is 0 Å². The summed E-state index contributed by atoms with van der Waals surface area (Å²) < 4.78 is 0. The number of hydrogen-bond donors (Lipinski definition) is 0. The van der Waals surface area contributed by atoms with Gasteiger partial charge in [0.05, 0.1) is 11.4 Å². The maximum Gasteiger partial charge on any atom is 0.159 e. The normalized spacial score (nSPS) is 23.3. The van der Waals surface area contributed by atoms with E-state index in [-0.39, 0.29) is 16.2 Å². The van der Waals surface area contributed by atoms with Crippen LogP contribution in [0.5, 0.6) is 0 Å². The molecule has 0 amide bonds. The lowest BCUT2D eigenvalue weighted by Gasteiger charge is -2.44. The Morgan fingerprint density at radius 1 is 0.590 bits per heavy atom. The van der Waals surface area contributed by atoms with Gasteiger partial charge in [-0.3, -0.25) is 4.98 Å². The van der Waals surface area contributed by atoms with Crippen LogP contribution in [0.1, 0.15) is 101 Å². The molecule has 2 heterocycles. The van der Waals surface area contributed by atoms with Crippen molar-refractivity contribution in [3.63, 3.8) is 0 Å². The van der Waals surface area contributed by atoms with Crippen molar-refractivity contribution in [2.24, 2.45) is 5.41 Å². The van der Waals surface area contributed by atoms with Crippen LogP contribution < -0.4 is 0 Å². The monoisotopic (exact) mass is 513 g/mol. The topological polar surface area (TPSA) is 38.7 Å². The van der Waals surface area contributed by atoms with Crippen molar-refractivity contribution in [2.75, 3.05) is 0 Å². The predicted octanol–water partition coefficient (Wildman–Crippen LogP) is 9.22. The molecule has 4 aromatic rings. The Morgan fingerprint density at radius 2 is 1.21 bits per heavy atom. The van der Waals surface area contributed by atoms with Crippen molar-refractivity contribution in [3.05, 3.63) is 89.4 Å². The lowest BCUT2D eigenvalue weighted by atomic mass is 9.59. The standard InChI is InChI=1S/C36H39N3/c1-34(2)29-17-15-26(19-30(29)35(3,4)36(34,5)6)31-18-16-27(20-37-31)22-7-13-25(14-8-22)33-38-21-28-23-9-11-24(12-10-23)32(28)39-33/h7-8,13-21,23-24H,9-12H2,1-6H3. The first-order valence-electron chi connectivity index (χ1n) is 14.7. The first-order chi connectivity index (χ1) is 18.6. The summed E-state index contributed by atoms with van der Waals surface area (Å²) in [5.74, 6) is 2.16. The quantitative estimate of drug-likeness (QED) is 0.274. The largest absolute Gasteiger partial charge is 0.256 e. The second-order valence-electron chi connectivity index (χ2n) is 13.7. The third-order valence-corrected chi connectivity index (χ3v) is 11.4. The van der Waals surface area contributed by atoms with Crippen molar-refractivity contribution >= 4 is 0 Å². The summed E-state index contributed by atoms with van der Waals surface area (Å²) in [4.78, 5) is 14.7. The Morgan fingerprint density at radius 3 is 1.90 bits per heavy atom. The molecular formula is C36H39N3. The molecule has 2 aromatic carbocycles. The van der Waals surface area contributed by atoms with Crippen LogP contribution in [0.15, 0.2) is 67.0 Å². The fourth-order valence-corrected chi connectivity index (χ4v) is 7.63. The van der Waals surface area contributed by atoms with Crippen LogP contribution in [0.4, 0.5) is 0 Å². The molecule has 0 saturated heterocycles. The van der Waals surface area contributed by atoms with Gasteiger partial charge in [-0.1, -0.05) is 84.0 Å². The first kappa shape index (κ1) is 24.7. The molecule has 0 radical (unpaired) electrons. The Labute approximate surface area is 233 Å². The van der Waals surface area contributed by atoms with Crippen LogP contribution in [-0.2, 0) is 10.8 Å². The van der Waals surface area contributed by atoms with Crippen molar-refractivity contribution in [1.29, 1.82) is 0 Å². The molecule has 2 aromatic heterocycles. The number of nitrogens with zero attached hydrogens (tertiary/aromatic N) is 3. The van der Waals surface area contributed by atoms with Gasteiger partial charge >= 0.3 is 0 Å². The molecule has 0 spiro atoms. The zero-order valence-electron chi connectivity index (χ0n) is 24.2. The van der Waals surface area contributed by atoms with E-state index in [1.165, 1.54) is 53.6 Å². The molecule has 198 valence electrons. The third kappa shape index (κ3) is 3.51. The molecule has 3 nitrogen and oxygen atoms in total. The van der Waals surface area contributed by atoms with E-state index in [1.807, 2.05) is 6.20 Å². The zero-order chi connectivity index (χ0) is 27.2. The van der Waals surface area contributed by atoms with Gasteiger partial charge in [-0.2, -0.15) is 0 Å². The highest BCUT2D eigenvalue weighted by Gasteiger charge is 2.56. The van der Waals surface area contributed by atoms with E-state index in [0.717, 1.165) is 28.2 Å². The Bertz CT molecular complexity index is 1570. The molecule has 1 saturated carbocycles. The summed E-state index contributed by atoms with van der Waals surface area (Å²) >= 11 is 0. The van der Waals surface area contributed by atoms with E-state index in [9.17, 15) is 0 Å². The average molecular weight is 514 g/mol. The smallest absolute Gasteiger partial charge is 0.159 e. The number of fused-ring (bicyclic) bond motifs is 3. The molecule has 0 N–H and O–H groups in total. The second-order valence-corrected chi connectivity index (χ2v) is 13.7. The SMILES string of the molecule is CC1(C)c2ccc(-c3ccc(-c4ccc(-c5ncc6c(n5)C5CCC6CC5)cc4)cn3)cc2C(C)(C)C1(C)C. The summed E-state index contributed by atoms with van der Waals surface area (Å²) in [6.45, 7) is 14.4. The van der Waals surface area contributed by atoms with E-state index in [2.05, 4.69) is 102 Å². The van der Waals surface area contributed by atoms with Crippen LogP contribution in [0, 0.1) is 5.41 Å². The van der Waals surface area contributed by atoms with Gasteiger partial charge in [0.15, 0.2) is 5.82 Å². The van der Waals surface area contributed by atoms with Crippen LogP contribution in [0.3, 0.4) is 0 Å². The van der Waals surface area contributed by atoms with Crippen LogP contribution in [-0.4, -0.2) is 15.0 Å². The van der Waals surface area contributed by atoms with Crippen LogP contribution in [0.25, 0.3) is 33.8 Å². The third-order valence-electron chi connectivity index (χ3n) is 11.4. The van der Waals surface area contributed by atoms with E-state index in [4.69, 9.17) is 15.0 Å². The fourth-order valence-electron chi connectivity index (χ4n) is 7.63. The summed E-state index contributed by atoms with van der Waals surface area (Å²) in [5, 5.41) is 0. The highest BCUT2D eigenvalue weighted by atomic mass is 14.9. The molecule has 0 atom stereocenters. The summed E-state index contributed by atoms with van der Waals surface area (Å²) in [6.07, 6.45) is 9.30. The van der Waals surface area contributed by atoms with E-state index >= 15 is 0 Å². The average Bonchev–Trinajstić information content (AvgIpc) is 3.07. The molecular weight excluding hydrogens is 474 g/mol. The van der Waals surface area contributed by atoms with E-state index in [0.29, 0.717) is 11.8 Å². The highest BCUT2D eigenvalue weighted by Crippen LogP contribution is 2.61. The summed E-state index contributed by atoms with van der Waals surface area (Å²) in [6, 6.07) is 20.0. The lowest BCUT2D eigenvalue weighted by Crippen LogP contribution is -2.42. The molecule has 0 aliphatic heterocycles. The van der Waals surface area contributed by atoms with Gasteiger partial charge in [-0.25, -0.2) is 9.97 Å². The fraction of sp³-hybridized carbons (Fsp3) is 0.417. The van der Waals surface area contributed by atoms with Gasteiger partial charge in [0.1, 0.15) is 0 Å². The molecule has 4 aliphatic rings. The minimum Gasteiger partial charge on any atom is -0.256 e. The minimum atomic E-state index is 0.0882. The van der Waals surface area contributed by atoms with E-state index < -0.39 is 0 Å². The Kier molecular flexibility index (Phi) is 5.28. The molecule has 2 bridgehead atoms. The van der Waals surface area contributed by atoms with Crippen molar-refractivity contribution in [3.8, 4) is 33.8 Å². The minimum absolute atomic E-state index is 0.0882. The number of rotatable bonds is 3. The maximum absolute atomic E-state index is 5.04. The van der Waals surface area contributed by atoms with Gasteiger partial charge in [0, 0.05) is 35.0 Å². The molecule has 3 heteroatoms. The number of aromatic nitrogens is 3. The number of pyridine rings is 1. The van der Waals surface area contributed by atoms with Gasteiger partial charge < -0.3 is 0 Å². The maximum atomic E-state index is 5.04. The lowest BCUT2D eigenvalue weighted by molar-refractivity contribution is 0.125. The van der Waals surface area contributed by atoms with Gasteiger partial charge in [0.25, 0.3) is 0 Å². The molecule has 39 heavy (non-hydrogen) atoms. The number of hydrogen-bond acceptors (Lipinski definition) is 3. The Balaban J connectivity index is 1.14. The van der Waals surface area contributed by atoms with Crippen molar-refractivity contribution < 1.29 is 0 Å². The van der Waals surface area contributed by atoms with Crippen molar-refractivity contribution in [1.82, 2.24) is 15.0 Å². The summed E-state index contributed by atoms with van der Waals surface area (Å²) in [5.41, 5.74) is 11.6. The highest BCUT2D eigenvalue weighted by molar-refractivity contribution is 5.70. The van der Waals surface area contributed by atoms with Gasteiger partial charge in [-0.05, 0) is 82.2 Å². The molecule has 1 fully saturated rings. The van der Waals surface area contributed by atoms with Crippen LogP contribution in [0.2, 0.25) is 0 Å². The zero-order valence-corrected chi connectivity index (χ0v) is 24.2. The van der Waals surface area contributed by atoms with Gasteiger partial charge in [-0.15, -0.1) is 0 Å². The molecule has 4 aliphatic carbocycles. The first-order valence-corrected chi connectivity index (χ1v) is 14.7. The second kappa shape index (κ2) is 8.34. The van der Waals surface area contributed by atoms with E-state index in [1.54, 1.807) is 0 Å². The Hall–Kier alpha value is -3.33. The predicted molar refractivity (Wildman–Crippen MR) is 160 cm³/mol. The van der Waals surface area contributed by atoms with Crippen molar-refractivity contribution in [2.45, 2.75) is 89.9 Å². The molecule has 0 unspecified atom stereocenters. The summed E-state index contributed by atoms with van der Waals surface area (Å²) in [7, 11) is 0. The molecule has 8 rings (SSSR count). The number of benzene rings is 2. The van der Waals surface area contributed by atoms with Crippen LogP contribution >= 0.6 is 0 Å².